The van der Waals surface area contributed by atoms with Crippen LogP contribution in [0.4, 0.5) is 4.79 Å². The van der Waals surface area contributed by atoms with Gasteiger partial charge in [0.25, 0.3) is 5.91 Å². The minimum atomic E-state index is -1.14. The van der Waals surface area contributed by atoms with Crippen LogP contribution >= 0.6 is 0 Å². The van der Waals surface area contributed by atoms with Gasteiger partial charge in [0.2, 0.25) is 5.91 Å². The summed E-state index contributed by atoms with van der Waals surface area (Å²) in [4.78, 5) is 43.5. The lowest BCUT2D eigenvalue weighted by molar-refractivity contribution is -0.131. The van der Waals surface area contributed by atoms with E-state index < -0.39 is 53.0 Å². The van der Waals surface area contributed by atoms with Crippen LogP contribution in [0, 0.1) is 10.8 Å². The number of aliphatic hydroxyl groups is 1. The molecule has 3 amide bonds. The Morgan fingerprint density at radius 2 is 1.49 bits per heavy atom. The summed E-state index contributed by atoms with van der Waals surface area (Å²) in [6.07, 6.45) is 0.153. The van der Waals surface area contributed by atoms with Crippen LogP contribution in [0.15, 0.2) is 79.0 Å². The summed E-state index contributed by atoms with van der Waals surface area (Å²) < 4.78 is 4.76. The molecule has 47 heavy (non-hydrogen) atoms. The highest BCUT2D eigenvalue weighted by Crippen LogP contribution is 2.22. The van der Waals surface area contributed by atoms with E-state index in [0.717, 1.165) is 22.4 Å². The highest BCUT2D eigenvalue weighted by Gasteiger charge is 2.36. The van der Waals surface area contributed by atoms with Gasteiger partial charge in [0.15, 0.2) is 0 Å². The van der Waals surface area contributed by atoms with Crippen molar-refractivity contribution in [3.05, 3.63) is 90.1 Å². The Morgan fingerprint density at radius 3 is 2.04 bits per heavy atom. The maximum atomic E-state index is 13.7. The predicted octanol–water partition coefficient (Wildman–Crippen LogP) is 3.81. The fraction of sp³-hybridized carbons (Fsp3) is 0.444. The number of hydrogen-bond acceptors (Lipinski definition) is 8. The number of aliphatic hydroxyl groups excluding tert-OH is 1. The van der Waals surface area contributed by atoms with Crippen molar-refractivity contribution < 1.29 is 24.2 Å². The van der Waals surface area contributed by atoms with Crippen molar-refractivity contribution in [3.63, 3.8) is 0 Å². The lowest BCUT2D eigenvalue weighted by Gasteiger charge is -2.35. The topological polar surface area (TPSA) is 159 Å². The molecule has 3 rings (SSSR count). The Bertz CT molecular complexity index is 1440. The second-order valence-corrected chi connectivity index (χ2v) is 13.9. The van der Waals surface area contributed by atoms with E-state index in [4.69, 9.17) is 10.5 Å². The zero-order chi connectivity index (χ0) is 34.8. The number of carbonyl (C=O) groups is 3. The zero-order valence-electron chi connectivity index (χ0n) is 28.5. The Balaban J connectivity index is 1.89. The van der Waals surface area contributed by atoms with E-state index >= 15 is 0 Å². The smallest absolute Gasteiger partial charge is 0.407 e. The number of nitrogens with one attached hydrogen (secondary N) is 3. The molecule has 0 saturated carbocycles. The maximum absolute atomic E-state index is 13.7. The van der Waals surface area contributed by atoms with Crippen molar-refractivity contribution in [3.8, 4) is 11.3 Å². The van der Waals surface area contributed by atoms with Crippen LogP contribution in [0.2, 0.25) is 0 Å². The van der Waals surface area contributed by atoms with E-state index in [1.54, 1.807) is 11.2 Å². The number of carbonyl (C=O) groups excluding carboxylic acids is 3. The molecule has 0 bridgehead atoms. The minimum Gasteiger partial charge on any atom is -0.453 e. The number of nitrogens with zero attached hydrogens (tertiary/aromatic N) is 2. The third kappa shape index (κ3) is 11.5. The molecule has 0 aliphatic carbocycles. The van der Waals surface area contributed by atoms with E-state index in [1.165, 1.54) is 7.11 Å². The Hall–Kier alpha value is -4.32. The molecular formula is C36H50N6O5. The Labute approximate surface area is 278 Å². The third-order valence-corrected chi connectivity index (χ3v) is 7.85. The number of hydrazine groups is 1. The van der Waals surface area contributed by atoms with E-state index in [2.05, 4.69) is 21.0 Å². The molecule has 6 N–H and O–H groups in total. The number of nitrogens with two attached hydrogens (primary N) is 1. The van der Waals surface area contributed by atoms with Gasteiger partial charge in [-0.25, -0.2) is 9.80 Å². The monoisotopic (exact) mass is 646 g/mol. The van der Waals surface area contributed by atoms with Crippen LogP contribution in [-0.4, -0.2) is 70.9 Å². The molecule has 11 nitrogen and oxygen atoms in total. The number of amides is 3. The molecule has 4 atom stereocenters. The van der Waals surface area contributed by atoms with Gasteiger partial charge < -0.3 is 26.2 Å². The fourth-order valence-corrected chi connectivity index (χ4v) is 4.93. The van der Waals surface area contributed by atoms with Gasteiger partial charge in [0.05, 0.1) is 31.0 Å². The van der Waals surface area contributed by atoms with E-state index in [1.807, 2.05) is 114 Å². The second-order valence-electron chi connectivity index (χ2n) is 13.9. The van der Waals surface area contributed by atoms with E-state index in [-0.39, 0.29) is 13.1 Å². The Morgan fingerprint density at radius 1 is 0.851 bits per heavy atom. The highest BCUT2D eigenvalue weighted by molar-refractivity contribution is 5.86. The van der Waals surface area contributed by atoms with Crippen LogP contribution in [0.1, 0.15) is 52.7 Å². The first-order valence-electron chi connectivity index (χ1n) is 15.8. The van der Waals surface area contributed by atoms with Crippen molar-refractivity contribution in [2.75, 3.05) is 13.7 Å². The number of pyridine rings is 1. The van der Waals surface area contributed by atoms with Gasteiger partial charge in [-0.1, -0.05) is 102 Å². The van der Waals surface area contributed by atoms with Gasteiger partial charge in [0.1, 0.15) is 6.04 Å². The lowest BCUT2D eigenvalue weighted by Crippen LogP contribution is -2.60. The molecule has 1 heterocycles. The predicted molar refractivity (Wildman–Crippen MR) is 183 cm³/mol. The summed E-state index contributed by atoms with van der Waals surface area (Å²) in [7, 11) is 1.23. The van der Waals surface area contributed by atoms with Gasteiger partial charge in [0, 0.05) is 24.8 Å². The average molecular weight is 647 g/mol. The first-order valence-corrected chi connectivity index (χ1v) is 15.8. The SMILES string of the molecule is COC(=O)N[C@H](C(=O)N[C@@H](Cc1ccccc1)[C@@H](O)CN(Cc1ccc(-c2ccccn2)cc1)NC(=O)[C@@H](N)C(C)(C)C)C(C)(C)C. The molecule has 11 heteroatoms. The first-order chi connectivity index (χ1) is 22.1. The molecule has 3 aromatic rings. The van der Waals surface area contributed by atoms with Gasteiger partial charge >= 0.3 is 6.09 Å². The molecular weight excluding hydrogens is 596 g/mol. The molecule has 0 radical (unpaired) electrons. The van der Waals surface area contributed by atoms with Crippen LogP contribution in [0.25, 0.3) is 11.3 Å². The van der Waals surface area contributed by atoms with Gasteiger partial charge in [-0.3, -0.25) is 20.0 Å². The summed E-state index contributed by atoms with van der Waals surface area (Å²) in [6.45, 7) is 11.3. The summed E-state index contributed by atoms with van der Waals surface area (Å²) in [6, 6.07) is 20.4. The lowest BCUT2D eigenvalue weighted by atomic mass is 9.85. The van der Waals surface area contributed by atoms with E-state index in [9.17, 15) is 19.5 Å². The number of benzene rings is 2. The molecule has 0 aliphatic rings. The number of rotatable bonds is 13. The molecule has 2 aromatic carbocycles. The van der Waals surface area contributed by atoms with Crippen LogP contribution < -0.4 is 21.8 Å². The molecule has 0 unspecified atom stereocenters. The number of methoxy groups -OCH3 is 1. The molecule has 0 aliphatic heterocycles. The van der Waals surface area contributed by atoms with Gasteiger partial charge in [-0.05, 0) is 40.5 Å². The molecule has 0 fully saturated rings. The highest BCUT2D eigenvalue weighted by atomic mass is 16.5. The molecule has 0 saturated heterocycles. The van der Waals surface area contributed by atoms with Crippen molar-refractivity contribution in [2.24, 2.45) is 16.6 Å². The fourth-order valence-electron chi connectivity index (χ4n) is 4.93. The number of aromatic nitrogens is 1. The summed E-state index contributed by atoms with van der Waals surface area (Å²) in [5, 5.41) is 18.9. The van der Waals surface area contributed by atoms with Gasteiger partial charge in [-0.15, -0.1) is 0 Å². The van der Waals surface area contributed by atoms with Crippen molar-refractivity contribution in [2.45, 2.75) is 78.7 Å². The Kier molecular flexibility index (Phi) is 13.0. The molecule has 0 spiro atoms. The standard InChI is InChI=1S/C36H50N6O5/c1-35(2,3)30(37)32(44)41-42(22-25-16-18-26(19-17-25)27-15-11-12-20-38-27)23-29(43)28(21-24-13-9-8-10-14-24)39-33(45)31(36(4,5)6)40-34(46)47-7/h8-20,28-31,43H,21-23,37H2,1-7H3,(H,39,45)(H,40,46)(H,41,44)/t28-,29-,30+,31+/m0/s1. The van der Waals surface area contributed by atoms with Crippen molar-refractivity contribution >= 4 is 17.9 Å². The average Bonchev–Trinajstić information content (AvgIpc) is 3.02. The summed E-state index contributed by atoms with van der Waals surface area (Å²) >= 11 is 0. The minimum absolute atomic E-state index is 0.0347. The summed E-state index contributed by atoms with van der Waals surface area (Å²) in [5.41, 5.74) is 11.6. The molecule has 1 aromatic heterocycles. The third-order valence-electron chi connectivity index (χ3n) is 7.85. The quantitative estimate of drug-likeness (QED) is 0.175. The number of ether oxygens (including phenoxy) is 1. The van der Waals surface area contributed by atoms with Crippen molar-refractivity contribution in [1.82, 2.24) is 26.1 Å². The molecule has 254 valence electrons. The normalized spacial score (nSPS) is 14.4. The second kappa shape index (κ2) is 16.5. The van der Waals surface area contributed by atoms with Gasteiger partial charge in [-0.2, -0.15) is 0 Å². The van der Waals surface area contributed by atoms with Crippen molar-refractivity contribution in [1.29, 1.82) is 0 Å². The summed E-state index contributed by atoms with van der Waals surface area (Å²) in [5.74, 6) is -0.869. The van der Waals surface area contributed by atoms with Crippen LogP contribution in [0.5, 0.6) is 0 Å². The van der Waals surface area contributed by atoms with Crippen LogP contribution in [-0.2, 0) is 27.3 Å². The van der Waals surface area contributed by atoms with E-state index in [0.29, 0.717) is 6.42 Å². The zero-order valence-corrected chi connectivity index (χ0v) is 28.5. The largest absolute Gasteiger partial charge is 0.453 e. The maximum Gasteiger partial charge on any atom is 0.407 e. The number of hydrogen-bond donors (Lipinski definition) is 5. The first kappa shape index (κ1) is 37.1. The number of alkyl carbamates (subject to hydrolysis) is 1. The van der Waals surface area contributed by atoms with Crippen LogP contribution in [0.3, 0.4) is 0 Å².